The van der Waals surface area contributed by atoms with Gasteiger partial charge < -0.3 is 4.90 Å². The van der Waals surface area contributed by atoms with Gasteiger partial charge >= 0.3 is 0 Å². The van der Waals surface area contributed by atoms with Gasteiger partial charge in [-0.1, -0.05) is 29.8 Å². The number of pyridine rings is 1. The molecule has 0 aliphatic carbocycles. The minimum absolute atomic E-state index is 0.522. The van der Waals surface area contributed by atoms with Gasteiger partial charge in [-0.3, -0.25) is 0 Å². The number of anilines is 1. The lowest BCUT2D eigenvalue weighted by atomic mass is 10.1. The fourth-order valence-corrected chi connectivity index (χ4v) is 2.31. The van der Waals surface area contributed by atoms with E-state index in [2.05, 4.69) is 54.2 Å². The fraction of sp³-hybridized carbons (Fsp3) is 0.312. The van der Waals surface area contributed by atoms with Crippen LogP contribution in [0.1, 0.15) is 22.4 Å². The van der Waals surface area contributed by atoms with Crippen molar-refractivity contribution in [2.45, 2.75) is 26.3 Å². The number of hydrogen-bond acceptors (Lipinski definition) is 2. The zero-order valence-corrected chi connectivity index (χ0v) is 12.4. The molecule has 2 aromatic rings. The number of hydrogen-bond donors (Lipinski definition) is 0. The SMILES string of the molecule is Cc1cccc(CN(C)c2cc(CCl)cc(C)n2)c1. The van der Waals surface area contributed by atoms with Crippen LogP contribution in [0.25, 0.3) is 0 Å². The van der Waals surface area contributed by atoms with Crippen LogP contribution in [0, 0.1) is 13.8 Å². The predicted octanol–water partition coefficient (Wildman–Crippen LogP) is 4.07. The Morgan fingerprint density at radius 3 is 2.58 bits per heavy atom. The van der Waals surface area contributed by atoms with Crippen LogP contribution >= 0.6 is 11.6 Å². The van der Waals surface area contributed by atoms with Crippen molar-refractivity contribution < 1.29 is 0 Å². The van der Waals surface area contributed by atoms with E-state index in [9.17, 15) is 0 Å². The number of halogens is 1. The van der Waals surface area contributed by atoms with E-state index in [1.54, 1.807) is 0 Å². The highest BCUT2D eigenvalue weighted by Gasteiger charge is 2.06. The van der Waals surface area contributed by atoms with Crippen LogP contribution in [-0.2, 0) is 12.4 Å². The third kappa shape index (κ3) is 3.71. The molecule has 100 valence electrons. The summed E-state index contributed by atoms with van der Waals surface area (Å²) >= 11 is 5.91. The molecule has 0 spiro atoms. The molecule has 19 heavy (non-hydrogen) atoms. The average Bonchev–Trinajstić information content (AvgIpc) is 2.38. The molecule has 0 saturated carbocycles. The van der Waals surface area contributed by atoms with Gasteiger partial charge in [-0.15, -0.1) is 11.6 Å². The van der Waals surface area contributed by atoms with E-state index in [0.29, 0.717) is 5.88 Å². The highest BCUT2D eigenvalue weighted by molar-refractivity contribution is 6.17. The van der Waals surface area contributed by atoms with Gasteiger partial charge in [0.05, 0.1) is 0 Å². The summed E-state index contributed by atoms with van der Waals surface area (Å²) < 4.78 is 0. The third-order valence-corrected chi connectivity index (χ3v) is 3.36. The maximum atomic E-state index is 5.91. The van der Waals surface area contributed by atoms with Crippen molar-refractivity contribution in [2.24, 2.45) is 0 Å². The van der Waals surface area contributed by atoms with Crippen molar-refractivity contribution in [3.05, 3.63) is 58.8 Å². The summed E-state index contributed by atoms with van der Waals surface area (Å²) in [5.41, 5.74) is 4.69. The van der Waals surface area contributed by atoms with Crippen molar-refractivity contribution in [2.75, 3.05) is 11.9 Å². The van der Waals surface area contributed by atoms with Gasteiger partial charge in [0.15, 0.2) is 0 Å². The molecule has 2 nitrogen and oxygen atoms in total. The number of aryl methyl sites for hydroxylation is 2. The van der Waals surface area contributed by atoms with E-state index >= 15 is 0 Å². The second-order valence-corrected chi connectivity index (χ2v) is 5.22. The number of benzene rings is 1. The summed E-state index contributed by atoms with van der Waals surface area (Å²) in [6.45, 7) is 4.96. The summed E-state index contributed by atoms with van der Waals surface area (Å²) in [7, 11) is 2.06. The maximum absolute atomic E-state index is 5.91. The van der Waals surface area contributed by atoms with E-state index in [-0.39, 0.29) is 0 Å². The maximum Gasteiger partial charge on any atom is 0.129 e. The second kappa shape index (κ2) is 6.07. The van der Waals surface area contributed by atoms with Crippen molar-refractivity contribution >= 4 is 17.4 Å². The summed E-state index contributed by atoms with van der Waals surface area (Å²) in [6, 6.07) is 12.6. The van der Waals surface area contributed by atoms with Gasteiger partial charge in [0.2, 0.25) is 0 Å². The Hall–Kier alpha value is -1.54. The Morgan fingerprint density at radius 2 is 1.89 bits per heavy atom. The third-order valence-electron chi connectivity index (χ3n) is 3.05. The van der Waals surface area contributed by atoms with E-state index in [4.69, 9.17) is 11.6 Å². The lowest BCUT2D eigenvalue weighted by Crippen LogP contribution is -2.18. The van der Waals surface area contributed by atoms with Crippen molar-refractivity contribution in [3.8, 4) is 0 Å². The zero-order chi connectivity index (χ0) is 13.8. The van der Waals surface area contributed by atoms with Crippen LogP contribution in [-0.4, -0.2) is 12.0 Å². The van der Waals surface area contributed by atoms with Gasteiger partial charge in [0, 0.05) is 25.2 Å². The Labute approximate surface area is 120 Å². The molecule has 2 rings (SSSR count). The first-order chi connectivity index (χ1) is 9.08. The number of nitrogens with zero attached hydrogens (tertiary/aromatic N) is 2. The van der Waals surface area contributed by atoms with E-state index in [1.807, 2.05) is 13.0 Å². The topological polar surface area (TPSA) is 16.1 Å². The van der Waals surface area contributed by atoms with Crippen LogP contribution in [0.4, 0.5) is 5.82 Å². The molecule has 0 radical (unpaired) electrons. The first kappa shape index (κ1) is 13.9. The van der Waals surface area contributed by atoms with Crippen molar-refractivity contribution in [3.63, 3.8) is 0 Å². The zero-order valence-electron chi connectivity index (χ0n) is 11.7. The highest BCUT2D eigenvalue weighted by Crippen LogP contribution is 2.17. The first-order valence-electron chi connectivity index (χ1n) is 6.38. The number of aromatic nitrogens is 1. The van der Waals surface area contributed by atoms with E-state index in [1.165, 1.54) is 11.1 Å². The lowest BCUT2D eigenvalue weighted by molar-refractivity contribution is 0.888. The van der Waals surface area contributed by atoms with Gasteiger partial charge in [-0.05, 0) is 37.1 Å². The predicted molar refractivity (Wildman–Crippen MR) is 81.8 cm³/mol. The van der Waals surface area contributed by atoms with Gasteiger partial charge in [-0.2, -0.15) is 0 Å². The summed E-state index contributed by atoms with van der Waals surface area (Å²) in [5, 5.41) is 0. The molecular weight excluding hydrogens is 256 g/mol. The Morgan fingerprint density at radius 1 is 1.11 bits per heavy atom. The number of rotatable bonds is 4. The lowest BCUT2D eigenvalue weighted by Gasteiger charge is -2.19. The summed E-state index contributed by atoms with van der Waals surface area (Å²) in [5.74, 6) is 1.49. The fourth-order valence-electron chi connectivity index (χ4n) is 2.16. The average molecular weight is 275 g/mol. The molecule has 0 unspecified atom stereocenters. The van der Waals surface area contributed by atoms with Crippen LogP contribution in [0.2, 0.25) is 0 Å². The van der Waals surface area contributed by atoms with Crippen molar-refractivity contribution in [1.82, 2.24) is 4.98 Å². The van der Waals surface area contributed by atoms with E-state index < -0.39 is 0 Å². The normalized spacial score (nSPS) is 10.5. The van der Waals surface area contributed by atoms with Crippen LogP contribution in [0.3, 0.4) is 0 Å². The molecule has 0 aliphatic rings. The second-order valence-electron chi connectivity index (χ2n) is 4.95. The van der Waals surface area contributed by atoms with Crippen LogP contribution in [0.5, 0.6) is 0 Å². The molecule has 0 bridgehead atoms. The molecule has 0 N–H and O–H groups in total. The Balaban J connectivity index is 2.20. The van der Waals surface area contributed by atoms with Crippen molar-refractivity contribution in [1.29, 1.82) is 0 Å². The summed E-state index contributed by atoms with van der Waals surface area (Å²) in [6.07, 6.45) is 0. The quantitative estimate of drug-likeness (QED) is 0.781. The number of alkyl halides is 1. The molecule has 1 aromatic heterocycles. The minimum Gasteiger partial charge on any atom is -0.355 e. The molecule has 1 heterocycles. The summed E-state index contributed by atoms with van der Waals surface area (Å²) in [4.78, 5) is 6.72. The van der Waals surface area contributed by atoms with Crippen LogP contribution in [0.15, 0.2) is 36.4 Å². The molecule has 3 heteroatoms. The molecule has 0 aliphatic heterocycles. The van der Waals surface area contributed by atoms with Gasteiger partial charge in [0.25, 0.3) is 0 Å². The molecule has 0 amide bonds. The molecule has 0 fully saturated rings. The Bertz CT molecular complexity index is 566. The van der Waals surface area contributed by atoms with Crippen LogP contribution < -0.4 is 4.90 Å². The molecule has 1 aromatic carbocycles. The molecule has 0 saturated heterocycles. The highest BCUT2D eigenvalue weighted by atomic mass is 35.5. The Kier molecular flexibility index (Phi) is 4.43. The monoisotopic (exact) mass is 274 g/mol. The minimum atomic E-state index is 0.522. The molecular formula is C16H19ClN2. The standard InChI is InChI=1S/C16H19ClN2/c1-12-5-4-6-14(7-12)11-19(3)16-9-15(10-17)8-13(2)18-16/h4-9H,10-11H2,1-3H3. The smallest absolute Gasteiger partial charge is 0.129 e. The largest absolute Gasteiger partial charge is 0.355 e. The van der Waals surface area contributed by atoms with Gasteiger partial charge in [-0.25, -0.2) is 4.98 Å². The van der Waals surface area contributed by atoms with E-state index in [0.717, 1.165) is 23.6 Å². The first-order valence-corrected chi connectivity index (χ1v) is 6.92. The van der Waals surface area contributed by atoms with Gasteiger partial charge in [0.1, 0.15) is 5.82 Å². The molecule has 0 atom stereocenters.